The second-order valence-electron chi connectivity index (χ2n) is 8.97. The number of carbonyl (C=O) groups excluding carboxylic acids is 2. The van der Waals surface area contributed by atoms with Gasteiger partial charge in [-0.15, -0.1) is 11.3 Å². The number of amides is 2. The lowest BCUT2D eigenvalue weighted by atomic mass is 10.1. The van der Waals surface area contributed by atoms with Crippen LogP contribution in [0.5, 0.6) is 0 Å². The Bertz CT molecular complexity index is 1360. The van der Waals surface area contributed by atoms with E-state index < -0.39 is 10.8 Å². The number of thiophene rings is 1. The molecule has 4 rings (SSSR count). The van der Waals surface area contributed by atoms with Gasteiger partial charge >= 0.3 is 0 Å². The van der Waals surface area contributed by atoms with Crippen molar-refractivity contribution in [3.63, 3.8) is 0 Å². The second kappa shape index (κ2) is 11.0. The van der Waals surface area contributed by atoms with Crippen LogP contribution in [0.4, 0.5) is 5.69 Å². The van der Waals surface area contributed by atoms with Crippen LogP contribution >= 0.6 is 23.1 Å². The van der Waals surface area contributed by atoms with Crippen LogP contribution in [0.15, 0.2) is 28.2 Å². The van der Waals surface area contributed by atoms with Gasteiger partial charge in [-0.2, -0.15) is 0 Å². The molecule has 2 amide bonds. The summed E-state index contributed by atoms with van der Waals surface area (Å²) >= 11 is 2.29. The maximum absolute atomic E-state index is 13.1. The van der Waals surface area contributed by atoms with Crippen LogP contribution < -0.4 is 22.0 Å². The molecule has 11 heteroatoms. The van der Waals surface area contributed by atoms with Crippen molar-refractivity contribution < 1.29 is 14.3 Å². The number of benzene rings is 1. The third-order valence-electron chi connectivity index (χ3n) is 6.24. The van der Waals surface area contributed by atoms with E-state index in [-0.39, 0.29) is 23.1 Å². The lowest BCUT2D eigenvalue weighted by Crippen LogP contribution is -2.38. The number of nitrogen functional groups attached to an aromatic ring is 1. The molecule has 2 atom stereocenters. The predicted octanol–water partition coefficient (Wildman–Crippen LogP) is 3.52. The number of thioether (sulfide) groups is 1. The fourth-order valence-electron chi connectivity index (χ4n) is 4.19. The summed E-state index contributed by atoms with van der Waals surface area (Å²) in [5.41, 5.74) is 2.85. The number of nitrogens with two attached hydrogens (primary N) is 1. The molecule has 0 aliphatic carbocycles. The fraction of sp³-hybridized carbons (Fsp3) is 0.440. The van der Waals surface area contributed by atoms with Crippen molar-refractivity contribution in [1.82, 2.24) is 15.0 Å². The zero-order valence-electron chi connectivity index (χ0n) is 20.8. The highest BCUT2D eigenvalue weighted by atomic mass is 32.2. The number of nitrogens with one attached hydrogen (secondary N) is 2. The second-order valence-corrected chi connectivity index (χ2v) is 11.1. The lowest BCUT2D eigenvalue weighted by Gasteiger charge is -2.17. The molecule has 1 fully saturated rings. The zero-order chi connectivity index (χ0) is 26.0. The van der Waals surface area contributed by atoms with Crippen molar-refractivity contribution in [2.75, 3.05) is 24.3 Å². The summed E-state index contributed by atoms with van der Waals surface area (Å²) in [6.45, 7) is 8.72. The monoisotopic (exact) mass is 529 g/mol. The van der Waals surface area contributed by atoms with E-state index in [9.17, 15) is 14.4 Å². The summed E-state index contributed by atoms with van der Waals surface area (Å²) in [5.74, 6) is 5.65. The van der Waals surface area contributed by atoms with Crippen LogP contribution in [0.3, 0.4) is 0 Å². The van der Waals surface area contributed by atoms with Gasteiger partial charge in [0, 0.05) is 18.8 Å². The highest BCUT2D eigenvalue weighted by Crippen LogP contribution is 2.31. The number of ether oxygens (including phenoxy) is 1. The summed E-state index contributed by atoms with van der Waals surface area (Å²) in [4.78, 5) is 44.4. The van der Waals surface area contributed by atoms with Crippen molar-refractivity contribution in [2.45, 2.75) is 63.5 Å². The van der Waals surface area contributed by atoms with Crippen molar-refractivity contribution >= 4 is 50.8 Å². The molecular formula is C25H31N5O4S2. The minimum atomic E-state index is -0.473. The van der Waals surface area contributed by atoms with Gasteiger partial charge in [0.15, 0.2) is 5.16 Å². The molecule has 3 aromatic rings. The van der Waals surface area contributed by atoms with Crippen LogP contribution in [-0.2, 0) is 9.53 Å². The Morgan fingerprint density at radius 3 is 2.78 bits per heavy atom. The summed E-state index contributed by atoms with van der Waals surface area (Å²) in [5, 5.41) is 5.94. The molecule has 0 spiro atoms. The van der Waals surface area contributed by atoms with E-state index in [2.05, 4.69) is 15.6 Å². The van der Waals surface area contributed by atoms with E-state index in [0.717, 1.165) is 58.4 Å². The third-order valence-corrected chi connectivity index (χ3v) is 8.75. The largest absolute Gasteiger partial charge is 0.376 e. The van der Waals surface area contributed by atoms with Crippen LogP contribution in [0.1, 0.15) is 52.5 Å². The molecule has 1 aliphatic rings. The Kier molecular flexibility index (Phi) is 8.01. The molecule has 4 N–H and O–H groups in total. The van der Waals surface area contributed by atoms with E-state index in [0.29, 0.717) is 39.3 Å². The number of aromatic nitrogens is 2. The van der Waals surface area contributed by atoms with Gasteiger partial charge in [0.05, 0.1) is 21.6 Å². The molecule has 1 aromatic carbocycles. The Hall–Kier alpha value is -2.89. The van der Waals surface area contributed by atoms with Crippen LogP contribution in [0, 0.1) is 20.8 Å². The van der Waals surface area contributed by atoms with Gasteiger partial charge in [-0.25, -0.2) is 9.66 Å². The highest BCUT2D eigenvalue weighted by Gasteiger charge is 2.26. The van der Waals surface area contributed by atoms with Gasteiger partial charge < -0.3 is 21.2 Å². The topological polar surface area (TPSA) is 128 Å². The van der Waals surface area contributed by atoms with Gasteiger partial charge in [-0.05, 0) is 57.2 Å². The van der Waals surface area contributed by atoms with Crippen molar-refractivity contribution in [3.05, 3.63) is 50.1 Å². The van der Waals surface area contributed by atoms with Crippen LogP contribution in [0.2, 0.25) is 0 Å². The van der Waals surface area contributed by atoms with Gasteiger partial charge in [-0.3, -0.25) is 14.4 Å². The summed E-state index contributed by atoms with van der Waals surface area (Å²) in [6, 6.07) is 5.78. The van der Waals surface area contributed by atoms with E-state index in [1.165, 1.54) is 0 Å². The maximum atomic E-state index is 13.1. The molecule has 0 radical (unpaired) electrons. The Morgan fingerprint density at radius 2 is 2.11 bits per heavy atom. The molecule has 2 aromatic heterocycles. The summed E-state index contributed by atoms with van der Waals surface area (Å²) in [7, 11) is 0. The molecule has 0 saturated carbocycles. The average molecular weight is 530 g/mol. The standard InChI is InChI=1S/C25H31N5O4S2/c1-5-18(21(31)27-12-16-7-6-10-34-16)35-25-29-23-19(24(33)30(25)26)15(4)20(36-23)22(32)28-17-9-8-13(2)11-14(17)3/h8-9,11,16,18H,5-7,10,12,26H2,1-4H3,(H,27,31)(H,28,32)/t16-,18+/m0/s1. The number of fused-ring (bicyclic) bond motifs is 1. The molecule has 0 unspecified atom stereocenters. The minimum Gasteiger partial charge on any atom is -0.376 e. The molecule has 9 nitrogen and oxygen atoms in total. The van der Waals surface area contributed by atoms with Crippen molar-refractivity contribution in [3.8, 4) is 0 Å². The molecule has 36 heavy (non-hydrogen) atoms. The summed E-state index contributed by atoms with van der Waals surface area (Å²) < 4.78 is 6.54. The number of carbonyl (C=O) groups is 2. The normalized spacial score (nSPS) is 16.3. The molecule has 192 valence electrons. The average Bonchev–Trinajstić information content (AvgIpc) is 3.48. The molecule has 3 heterocycles. The number of hydrogen-bond donors (Lipinski definition) is 3. The van der Waals surface area contributed by atoms with Crippen molar-refractivity contribution in [1.29, 1.82) is 0 Å². The smallest absolute Gasteiger partial charge is 0.281 e. The molecular weight excluding hydrogens is 498 g/mol. The Morgan fingerprint density at radius 1 is 1.33 bits per heavy atom. The van der Waals surface area contributed by atoms with Crippen LogP contribution in [-0.4, -0.2) is 46.0 Å². The van der Waals surface area contributed by atoms with E-state index in [4.69, 9.17) is 10.6 Å². The number of aryl methyl sites for hydroxylation is 3. The number of rotatable bonds is 8. The number of nitrogens with zero attached hydrogens (tertiary/aromatic N) is 2. The Labute approximate surface area is 217 Å². The zero-order valence-corrected chi connectivity index (χ0v) is 22.5. The predicted molar refractivity (Wildman–Crippen MR) is 145 cm³/mol. The van der Waals surface area contributed by atoms with E-state index in [1.54, 1.807) is 6.92 Å². The quantitative estimate of drug-likeness (QED) is 0.231. The molecule has 0 bridgehead atoms. The Balaban J connectivity index is 1.57. The highest BCUT2D eigenvalue weighted by molar-refractivity contribution is 8.00. The van der Waals surface area contributed by atoms with Crippen LogP contribution in [0.25, 0.3) is 10.2 Å². The van der Waals surface area contributed by atoms with Gasteiger partial charge in [0.25, 0.3) is 11.5 Å². The summed E-state index contributed by atoms with van der Waals surface area (Å²) in [6.07, 6.45) is 2.51. The van der Waals surface area contributed by atoms with Gasteiger partial charge in [0.1, 0.15) is 4.83 Å². The van der Waals surface area contributed by atoms with Crippen molar-refractivity contribution in [2.24, 2.45) is 0 Å². The lowest BCUT2D eigenvalue weighted by molar-refractivity contribution is -0.121. The van der Waals surface area contributed by atoms with E-state index in [1.807, 2.05) is 39.0 Å². The SMILES string of the molecule is CC[C@@H](Sc1nc2sc(C(=O)Nc3ccc(C)cc3C)c(C)c2c(=O)n1N)C(=O)NC[C@@H]1CCCO1. The van der Waals surface area contributed by atoms with Gasteiger partial charge in [-0.1, -0.05) is 36.4 Å². The molecule has 1 aliphatic heterocycles. The first kappa shape index (κ1) is 26.2. The van der Waals surface area contributed by atoms with Gasteiger partial charge in [0.2, 0.25) is 5.91 Å². The fourth-order valence-corrected chi connectivity index (χ4v) is 6.27. The molecule has 1 saturated heterocycles. The minimum absolute atomic E-state index is 0.0426. The third kappa shape index (κ3) is 5.42. The maximum Gasteiger partial charge on any atom is 0.281 e. The number of anilines is 1. The first-order valence-corrected chi connectivity index (χ1v) is 13.6. The first-order chi connectivity index (χ1) is 17.2. The first-order valence-electron chi connectivity index (χ1n) is 11.9. The van der Waals surface area contributed by atoms with E-state index >= 15 is 0 Å². The number of hydrogen-bond acceptors (Lipinski definition) is 8.